The largest absolute Gasteiger partial charge is 0.507 e. The fourth-order valence-corrected chi connectivity index (χ4v) is 4.78. The van der Waals surface area contributed by atoms with E-state index in [9.17, 15) is 23.9 Å². The summed E-state index contributed by atoms with van der Waals surface area (Å²) in [5.74, 6) is -1.17. The molecule has 2 aromatic heterocycles. The molecule has 0 saturated heterocycles. The number of hydrogen-bond donors (Lipinski definition) is 1. The lowest BCUT2D eigenvalue weighted by molar-refractivity contribution is -0.0498. The van der Waals surface area contributed by atoms with Gasteiger partial charge in [0.15, 0.2) is 5.76 Å². The molecule has 2 heterocycles. The standard InChI is InChI=1S/C28H17F2N3O4S/c29-28(30)37-17-11-9-16(10-12-17)23-13-19(18-5-1-2-6-21(18)32-23)27(35)36-15-24(34)20(14-31)26-33-22-7-3-4-8-25(22)38-26/h1-13,28,34H,15H2/b24-20-. The zero-order chi connectivity index (χ0) is 26.6. The summed E-state index contributed by atoms with van der Waals surface area (Å²) in [5.41, 5.74) is 2.28. The summed E-state index contributed by atoms with van der Waals surface area (Å²) in [7, 11) is 0. The van der Waals surface area contributed by atoms with Crippen LogP contribution in [-0.2, 0) is 4.74 Å². The van der Waals surface area contributed by atoms with Gasteiger partial charge in [-0.1, -0.05) is 30.3 Å². The van der Waals surface area contributed by atoms with Crippen molar-refractivity contribution in [1.82, 2.24) is 9.97 Å². The number of para-hydroxylation sites is 2. The second-order valence-electron chi connectivity index (χ2n) is 7.97. The van der Waals surface area contributed by atoms with Crippen molar-refractivity contribution in [3.05, 3.63) is 95.2 Å². The Morgan fingerprint density at radius 2 is 1.71 bits per heavy atom. The molecule has 38 heavy (non-hydrogen) atoms. The predicted octanol–water partition coefficient (Wildman–Crippen LogP) is 6.76. The molecule has 1 N–H and O–H groups in total. The molecule has 3 aromatic carbocycles. The van der Waals surface area contributed by atoms with Crippen molar-refractivity contribution in [3.8, 4) is 23.1 Å². The number of benzene rings is 3. The number of alkyl halides is 2. The molecule has 0 aliphatic heterocycles. The van der Waals surface area contributed by atoms with E-state index in [1.54, 1.807) is 42.5 Å². The quantitative estimate of drug-likeness (QED) is 0.141. The van der Waals surface area contributed by atoms with Crippen molar-refractivity contribution >= 4 is 44.0 Å². The Hall–Kier alpha value is -4.88. The molecular weight excluding hydrogens is 512 g/mol. The number of nitrogens with zero attached hydrogens (tertiary/aromatic N) is 3. The molecule has 5 aromatic rings. The Balaban J connectivity index is 1.43. The minimum Gasteiger partial charge on any atom is -0.507 e. The van der Waals surface area contributed by atoms with Crippen LogP contribution in [0.5, 0.6) is 5.75 Å². The van der Waals surface area contributed by atoms with Crippen LogP contribution in [0.1, 0.15) is 15.4 Å². The highest BCUT2D eigenvalue weighted by molar-refractivity contribution is 7.19. The number of nitriles is 1. The number of fused-ring (bicyclic) bond motifs is 2. The fraction of sp³-hybridized carbons (Fsp3) is 0.0714. The maximum Gasteiger partial charge on any atom is 0.387 e. The number of aromatic nitrogens is 2. The maximum absolute atomic E-state index is 13.1. The van der Waals surface area contributed by atoms with Crippen LogP contribution in [0.4, 0.5) is 8.78 Å². The number of pyridine rings is 1. The van der Waals surface area contributed by atoms with E-state index in [0.29, 0.717) is 32.7 Å². The van der Waals surface area contributed by atoms with Crippen LogP contribution in [-0.4, -0.2) is 34.3 Å². The smallest absolute Gasteiger partial charge is 0.387 e. The van der Waals surface area contributed by atoms with Crippen molar-refractivity contribution in [3.63, 3.8) is 0 Å². The van der Waals surface area contributed by atoms with Gasteiger partial charge >= 0.3 is 12.6 Å². The van der Waals surface area contributed by atoms with Crippen molar-refractivity contribution in [2.45, 2.75) is 6.61 Å². The van der Waals surface area contributed by atoms with Crippen molar-refractivity contribution < 1.29 is 28.2 Å². The molecule has 0 aliphatic rings. The Labute approximate surface area is 218 Å². The summed E-state index contributed by atoms with van der Waals surface area (Å²) < 4.78 is 35.6. The molecule has 0 atom stereocenters. The number of carbonyl (C=O) groups excluding carboxylic acids is 1. The Morgan fingerprint density at radius 1 is 1.00 bits per heavy atom. The van der Waals surface area contributed by atoms with Gasteiger partial charge in [0, 0.05) is 10.9 Å². The molecule has 5 rings (SSSR count). The van der Waals surface area contributed by atoms with E-state index in [0.717, 1.165) is 4.70 Å². The number of rotatable bonds is 7. The van der Waals surface area contributed by atoms with Crippen LogP contribution < -0.4 is 4.74 Å². The summed E-state index contributed by atoms with van der Waals surface area (Å²) in [6.45, 7) is -3.48. The molecule has 7 nitrogen and oxygen atoms in total. The number of halogens is 2. The number of carbonyl (C=O) groups is 1. The summed E-state index contributed by atoms with van der Waals surface area (Å²) in [4.78, 5) is 22.1. The molecular formula is C28H17F2N3O4S. The zero-order valence-electron chi connectivity index (χ0n) is 19.5. The summed E-state index contributed by atoms with van der Waals surface area (Å²) in [6.07, 6.45) is 0. The average molecular weight is 530 g/mol. The number of aliphatic hydroxyl groups is 1. The molecule has 10 heteroatoms. The average Bonchev–Trinajstić information content (AvgIpc) is 3.35. The van der Waals surface area contributed by atoms with Crippen molar-refractivity contribution in [2.24, 2.45) is 0 Å². The topological polar surface area (TPSA) is 105 Å². The minimum atomic E-state index is -2.94. The zero-order valence-corrected chi connectivity index (χ0v) is 20.3. The SMILES string of the molecule is N#C/C(=C(/O)COC(=O)c1cc(-c2ccc(OC(F)F)cc2)nc2ccccc12)c1nc2ccccc2s1. The summed E-state index contributed by atoms with van der Waals surface area (Å²) in [6, 6.07) is 23.6. The van der Waals surface area contributed by atoms with Crippen LogP contribution in [0, 0.1) is 11.3 Å². The number of allylic oxidation sites excluding steroid dienone is 1. The van der Waals surface area contributed by atoms with Crippen LogP contribution in [0.3, 0.4) is 0 Å². The lowest BCUT2D eigenvalue weighted by Gasteiger charge is -2.11. The molecule has 188 valence electrons. The first-order chi connectivity index (χ1) is 18.4. The molecule has 0 spiro atoms. The summed E-state index contributed by atoms with van der Waals surface area (Å²) >= 11 is 1.24. The van der Waals surface area contributed by atoms with Gasteiger partial charge in [-0.05, 0) is 48.5 Å². The highest BCUT2D eigenvalue weighted by atomic mass is 32.1. The van der Waals surface area contributed by atoms with Gasteiger partial charge in [-0.25, -0.2) is 14.8 Å². The number of hydrogen-bond acceptors (Lipinski definition) is 8. The first-order valence-electron chi connectivity index (χ1n) is 11.2. The first-order valence-corrected chi connectivity index (χ1v) is 12.0. The highest BCUT2D eigenvalue weighted by Gasteiger charge is 2.19. The lowest BCUT2D eigenvalue weighted by atomic mass is 10.0. The number of ether oxygens (including phenoxy) is 2. The van der Waals surface area contributed by atoms with Gasteiger partial charge in [0.2, 0.25) is 0 Å². The van der Waals surface area contributed by atoms with E-state index in [1.165, 1.54) is 29.5 Å². The van der Waals surface area contributed by atoms with Crippen molar-refractivity contribution in [1.29, 1.82) is 5.26 Å². The van der Waals surface area contributed by atoms with Crippen LogP contribution in [0.2, 0.25) is 0 Å². The second kappa shape index (κ2) is 10.6. The van der Waals surface area contributed by atoms with Gasteiger partial charge < -0.3 is 14.6 Å². The second-order valence-corrected chi connectivity index (χ2v) is 9.00. The van der Waals surface area contributed by atoms with E-state index < -0.39 is 24.9 Å². The first kappa shape index (κ1) is 24.8. The third-order valence-corrected chi connectivity index (χ3v) is 6.61. The van der Waals surface area contributed by atoms with Gasteiger partial charge in [-0.3, -0.25) is 0 Å². The van der Waals surface area contributed by atoms with E-state index in [4.69, 9.17) is 4.74 Å². The van der Waals surface area contributed by atoms with Gasteiger partial charge in [-0.15, -0.1) is 11.3 Å². The maximum atomic E-state index is 13.1. The fourth-order valence-electron chi connectivity index (χ4n) is 3.80. The van der Waals surface area contributed by atoms with Gasteiger partial charge in [0.25, 0.3) is 0 Å². The van der Waals surface area contributed by atoms with Gasteiger partial charge in [-0.2, -0.15) is 14.0 Å². The Kier molecular flexibility index (Phi) is 6.93. The predicted molar refractivity (Wildman–Crippen MR) is 139 cm³/mol. The molecule has 0 unspecified atom stereocenters. The minimum absolute atomic E-state index is 0.00661. The third-order valence-electron chi connectivity index (χ3n) is 5.56. The Bertz CT molecular complexity index is 1690. The lowest BCUT2D eigenvalue weighted by Crippen LogP contribution is -2.10. The molecule has 0 aliphatic carbocycles. The van der Waals surface area contributed by atoms with E-state index >= 15 is 0 Å². The van der Waals surface area contributed by atoms with E-state index in [1.807, 2.05) is 24.3 Å². The third kappa shape index (κ3) is 5.14. The molecule has 0 bridgehead atoms. The van der Waals surface area contributed by atoms with Crippen LogP contribution >= 0.6 is 11.3 Å². The van der Waals surface area contributed by atoms with Crippen LogP contribution in [0.25, 0.3) is 38.0 Å². The summed E-state index contributed by atoms with van der Waals surface area (Å²) in [5, 5.41) is 21.1. The molecule has 0 amide bonds. The molecule has 0 radical (unpaired) electrons. The van der Waals surface area contributed by atoms with E-state index in [-0.39, 0.29) is 16.9 Å². The monoisotopic (exact) mass is 529 g/mol. The van der Waals surface area contributed by atoms with Gasteiger partial charge in [0.05, 0.1) is 27.0 Å². The normalized spacial score (nSPS) is 11.8. The van der Waals surface area contributed by atoms with E-state index in [2.05, 4.69) is 14.7 Å². The van der Waals surface area contributed by atoms with Gasteiger partial charge in [0.1, 0.15) is 29.0 Å². The molecule has 0 fully saturated rings. The number of esters is 1. The highest BCUT2D eigenvalue weighted by Crippen LogP contribution is 2.29. The number of thiazole rings is 1. The molecule has 0 saturated carbocycles. The Morgan fingerprint density at radius 3 is 2.42 bits per heavy atom. The van der Waals surface area contributed by atoms with Crippen LogP contribution in [0.15, 0.2) is 84.6 Å². The number of aliphatic hydroxyl groups excluding tert-OH is 1. The van der Waals surface area contributed by atoms with Crippen molar-refractivity contribution in [2.75, 3.05) is 6.61 Å².